The van der Waals surface area contributed by atoms with Crippen LogP contribution in [0.3, 0.4) is 0 Å². The van der Waals surface area contributed by atoms with Crippen molar-refractivity contribution in [2.75, 3.05) is 20.8 Å². The molecule has 0 fully saturated rings. The largest absolute Gasteiger partial charge is 0.493 e. The molecule has 0 spiro atoms. The Morgan fingerprint density at radius 3 is 2.60 bits per heavy atom. The minimum atomic E-state index is 0.701. The Labute approximate surface area is 131 Å². The van der Waals surface area contributed by atoms with Crippen LogP contribution in [0.5, 0.6) is 11.5 Å². The van der Waals surface area contributed by atoms with E-state index in [4.69, 9.17) is 9.47 Å². The summed E-state index contributed by atoms with van der Waals surface area (Å²) in [6.45, 7) is 3.81. The third-order valence-electron chi connectivity index (χ3n) is 2.81. The minimum Gasteiger partial charge on any atom is -0.493 e. The average Bonchev–Trinajstić information content (AvgIpc) is 2.93. The van der Waals surface area contributed by atoms with Gasteiger partial charge in [0.1, 0.15) is 5.01 Å². The normalized spacial score (nSPS) is 10.6. The summed E-state index contributed by atoms with van der Waals surface area (Å²) in [6, 6.07) is 3.85. The van der Waals surface area contributed by atoms with Crippen molar-refractivity contribution in [1.29, 1.82) is 0 Å². The number of thiazole rings is 1. The molecule has 0 amide bonds. The molecule has 1 N–H and O–H groups in total. The van der Waals surface area contributed by atoms with Crippen LogP contribution in [0.1, 0.15) is 12.6 Å². The lowest BCUT2D eigenvalue weighted by atomic mass is 10.2. The quantitative estimate of drug-likeness (QED) is 0.856. The zero-order chi connectivity index (χ0) is 14.5. The Kier molecular flexibility index (Phi) is 5.39. The summed E-state index contributed by atoms with van der Waals surface area (Å²) in [6.07, 6.45) is 0. The van der Waals surface area contributed by atoms with Crippen molar-refractivity contribution in [2.45, 2.75) is 13.5 Å². The summed E-state index contributed by atoms with van der Waals surface area (Å²) in [5.74, 6) is 1.40. The first kappa shape index (κ1) is 15.3. The van der Waals surface area contributed by atoms with E-state index in [2.05, 4.69) is 38.5 Å². The number of halogens is 1. The molecule has 1 aromatic carbocycles. The molecule has 6 heteroatoms. The number of nitrogens with zero attached hydrogens (tertiary/aromatic N) is 1. The molecule has 0 saturated heterocycles. The predicted octanol–water partition coefficient (Wildman–Crippen LogP) is 3.70. The van der Waals surface area contributed by atoms with Gasteiger partial charge in [-0.2, -0.15) is 0 Å². The van der Waals surface area contributed by atoms with Gasteiger partial charge in [-0.3, -0.25) is 0 Å². The van der Waals surface area contributed by atoms with Gasteiger partial charge in [0.25, 0.3) is 0 Å². The highest BCUT2D eigenvalue weighted by Crippen LogP contribution is 2.39. The summed E-state index contributed by atoms with van der Waals surface area (Å²) < 4.78 is 11.6. The van der Waals surface area contributed by atoms with Gasteiger partial charge in [-0.25, -0.2) is 4.98 Å². The first-order chi connectivity index (χ1) is 9.69. The zero-order valence-electron chi connectivity index (χ0n) is 11.7. The van der Waals surface area contributed by atoms with Crippen molar-refractivity contribution in [3.05, 3.63) is 27.7 Å². The third kappa shape index (κ3) is 3.31. The SMILES string of the molecule is CCNCc1csc(-c2cc(OC)c(OC)cc2Br)n1. The molecule has 4 nitrogen and oxygen atoms in total. The lowest BCUT2D eigenvalue weighted by molar-refractivity contribution is 0.355. The van der Waals surface area contributed by atoms with E-state index in [1.807, 2.05) is 12.1 Å². The van der Waals surface area contributed by atoms with Gasteiger partial charge in [0.2, 0.25) is 0 Å². The molecule has 2 rings (SSSR count). The smallest absolute Gasteiger partial charge is 0.161 e. The van der Waals surface area contributed by atoms with Crippen LogP contribution in [0.15, 0.2) is 22.0 Å². The van der Waals surface area contributed by atoms with E-state index in [1.54, 1.807) is 25.6 Å². The first-order valence-corrected chi connectivity index (χ1v) is 7.93. The van der Waals surface area contributed by atoms with E-state index in [-0.39, 0.29) is 0 Å². The van der Waals surface area contributed by atoms with Crippen LogP contribution in [0.25, 0.3) is 10.6 Å². The van der Waals surface area contributed by atoms with Gasteiger partial charge in [-0.15, -0.1) is 11.3 Å². The topological polar surface area (TPSA) is 43.4 Å². The molecule has 0 aliphatic carbocycles. The third-order valence-corrected chi connectivity index (χ3v) is 4.39. The number of aromatic nitrogens is 1. The van der Waals surface area contributed by atoms with E-state index < -0.39 is 0 Å². The molecule has 108 valence electrons. The molecular formula is C14H17BrN2O2S. The van der Waals surface area contributed by atoms with Crippen LogP contribution in [0.4, 0.5) is 0 Å². The van der Waals surface area contributed by atoms with Gasteiger partial charge >= 0.3 is 0 Å². The fraction of sp³-hybridized carbons (Fsp3) is 0.357. The van der Waals surface area contributed by atoms with Crippen LogP contribution >= 0.6 is 27.3 Å². The minimum absolute atomic E-state index is 0.701. The van der Waals surface area contributed by atoms with E-state index in [1.165, 1.54) is 0 Å². The van der Waals surface area contributed by atoms with Crippen molar-refractivity contribution in [1.82, 2.24) is 10.3 Å². The summed E-state index contributed by atoms with van der Waals surface area (Å²) in [5.41, 5.74) is 2.06. The molecule has 0 radical (unpaired) electrons. The number of rotatable bonds is 6. The van der Waals surface area contributed by atoms with Gasteiger partial charge in [-0.05, 0) is 34.6 Å². The number of hydrogen-bond acceptors (Lipinski definition) is 5. The lowest BCUT2D eigenvalue weighted by Gasteiger charge is -2.10. The molecular weight excluding hydrogens is 340 g/mol. The number of methoxy groups -OCH3 is 2. The number of benzene rings is 1. The van der Waals surface area contributed by atoms with Crippen molar-refractivity contribution in [3.63, 3.8) is 0 Å². The van der Waals surface area contributed by atoms with Gasteiger partial charge in [0.15, 0.2) is 11.5 Å². The highest BCUT2D eigenvalue weighted by Gasteiger charge is 2.13. The second-order valence-corrected chi connectivity index (χ2v) is 5.82. The summed E-state index contributed by atoms with van der Waals surface area (Å²) in [7, 11) is 3.26. The van der Waals surface area contributed by atoms with Crippen LogP contribution in [0, 0.1) is 0 Å². The number of ether oxygens (including phenoxy) is 2. The molecule has 0 atom stereocenters. The second kappa shape index (κ2) is 7.06. The Morgan fingerprint density at radius 2 is 1.95 bits per heavy atom. The molecule has 0 unspecified atom stereocenters. The zero-order valence-corrected chi connectivity index (χ0v) is 14.1. The van der Waals surface area contributed by atoms with E-state index >= 15 is 0 Å². The van der Waals surface area contributed by atoms with Crippen LogP contribution in [0.2, 0.25) is 0 Å². The van der Waals surface area contributed by atoms with Gasteiger partial charge < -0.3 is 14.8 Å². The lowest BCUT2D eigenvalue weighted by Crippen LogP contribution is -2.11. The molecule has 2 aromatic rings. The van der Waals surface area contributed by atoms with E-state index in [0.29, 0.717) is 11.5 Å². The van der Waals surface area contributed by atoms with Crippen LogP contribution < -0.4 is 14.8 Å². The number of nitrogens with one attached hydrogen (secondary N) is 1. The predicted molar refractivity (Wildman–Crippen MR) is 85.7 cm³/mol. The van der Waals surface area contributed by atoms with E-state index in [9.17, 15) is 0 Å². The molecule has 0 aliphatic rings. The Bertz CT molecular complexity index is 587. The van der Waals surface area contributed by atoms with Crippen molar-refractivity contribution >= 4 is 27.3 Å². The van der Waals surface area contributed by atoms with Crippen LogP contribution in [-0.4, -0.2) is 25.7 Å². The van der Waals surface area contributed by atoms with Gasteiger partial charge in [-0.1, -0.05) is 6.92 Å². The van der Waals surface area contributed by atoms with Gasteiger partial charge in [0.05, 0.1) is 19.9 Å². The maximum absolute atomic E-state index is 5.34. The maximum atomic E-state index is 5.34. The van der Waals surface area contributed by atoms with Crippen LogP contribution in [-0.2, 0) is 6.54 Å². The van der Waals surface area contributed by atoms with Gasteiger partial charge in [0, 0.05) is 22.0 Å². The summed E-state index contributed by atoms with van der Waals surface area (Å²) in [5, 5.41) is 6.31. The molecule has 0 bridgehead atoms. The Balaban J connectivity index is 2.34. The highest BCUT2D eigenvalue weighted by atomic mass is 79.9. The summed E-state index contributed by atoms with van der Waals surface area (Å²) in [4.78, 5) is 4.64. The molecule has 1 aromatic heterocycles. The Hall–Kier alpha value is -1.11. The van der Waals surface area contributed by atoms with Crippen molar-refractivity contribution in [2.24, 2.45) is 0 Å². The van der Waals surface area contributed by atoms with E-state index in [0.717, 1.165) is 33.8 Å². The maximum Gasteiger partial charge on any atom is 0.161 e. The van der Waals surface area contributed by atoms with Crippen molar-refractivity contribution in [3.8, 4) is 22.1 Å². The molecule has 0 aliphatic heterocycles. The number of hydrogen-bond donors (Lipinski definition) is 1. The standard InChI is InChI=1S/C14H17BrN2O2S/c1-4-16-7-9-8-20-14(17-9)10-5-12(18-2)13(19-3)6-11(10)15/h5-6,8,16H,4,7H2,1-3H3. The Morgan fingerprint density at radius 1 is 1.25 bits per heavy atom. The molecule has 20 heavy (non-hydrogen) atoms. The fourth-order valence-electron chi connectivity index (χ4n) is 1.78. The first-order valence-electron chi connectivity index (χ1n) is 6.26. The molecule has 1 heterocycles. The summed E-state index contributed by atoms with van der Waals surface area (Å²) >= 11 is 5.19. The monoisotopic (exact) mass is 356 g/mol. The average molecular weight is 357 g/mol. The van der Waals surface area contributed by atoms with Crippen molar-refractivity contribution < 1.29 is 9.47 Å². The molecule has 0 saturated carbocycles. The fourth-order valence-corrected chi connectivity index (χ4v) is 3.27. The second-order valence-electron chi connectivity index (χ2n) is 4.11. The highest BCUT2D eigenvalue weighted by molar-refractivity contribution is 9.10.